The number of nitrogens with one attached hydrogen (secondary N) is 1. The lowest BCUT2D eigenvalue weighted by molar-refractivity contribution is -0.132. The third-order valence-electron chi connectivity index (χ3n) is 4.76. The van der Waals surface area contributed by atoms with Crippen molar-refractivity contribution in [3.05, 3.63) is 24.3 Å². The first-order valence-electron chi connectivity index (χ1n) is 8.51. The maximum Gasteiger partial charge on any atom is 0.229 e. The lowest BCUT2D eigenvalue weighted by Gasteiger charge is -2.31. The van der Waals surface area contributed by atoms with E-state index in [-0.39, 0.29) is 23.6 Å². The summed E-state index contributed by atoms with van der Waals surface area (Å²) in [5, 5.41) is 2.92. The van der Waals surface area contributed by atoms with Crippen LogP contribution in [-0.4, -0.2) is 42.3 Å². The molecule has 2 aliphatic rings. The summed E-state index contributed by atoms with van der Waals surface area (Å²) >= 11 is 0. The van der Waals surface area contributed by atoms with Gasteiger partial charge in [-0.15, -0.1) is 0 Å². The summed E-state index contributed by atoms with van der Waals surface area (Å²) in [6.45, 7) is 3.52. The predicted octanol–water partition coefficient (Wildman–Crippen LogP) is 2.01. The molecule has 1 N–H and O–H groups in total. The number of piperidine rings is 1. The fourth-order valence-corrected chi connectivity index (χ4v) is 3.37. The van der Waals surface area contributed by atoms with Crippen molar-refractivity contribution in [2.75, 3.05) is 29.9 Å². The van der Waals surface area contributed by atoms with Gasteiger partial charge in [0.15, 0.2) is 0 Å². The van der Waals surface area contributed by atoms with Gasteiger partial charge in [-0.3, -0.25) is 14.4 Å². The van der Waals surface area contributed by atoms with Gasteiger partial charge in [0.25, 0.3) is 0 Å². The topological polar surface area (TPSA) is 69.7 Å². The fraction of sp³-hybridized carbons (Fsp3) is 0.500. The van der Waals surface area contributed by atoms with Crippen LogP contribution in [0, 0.1) is 5.92 Å². The summed E-state index contributed by atoms with van der Waals surface area (Å²) in [5.41, 5.74) is 1.59. The monoisotopic (exact) mass is 329 g/mol. The molecule has 6 nitrogen and oxygen atoms in total. The van der Waals surface area contributed by atoms with Gasteiger partial charge in [-0.05, 0) is 43.5 Å². The smallest absolute Gasteiger partial charge is 0.229 e. The Morgan fingerprint density at radius 3 is 2.50 bits per heavy atom. The van der Waals surface area contributed by atoms with E-state index in [4.69, 9.17) is 0 Å². The van der Waals surface area contributed by atoms with Crippen molar-refractivity contribution in [1.82, 2.24) is 4.90 Å². The molecule has 3 amide bonds. The minimum absolute atomic E-state index is 0.0205. The summed E-state index contributed by atoms with van der Waals surface area (Å²) in [7, 11) is 0. The van der Waals surface area contributed by atoms with Crippen LogP contribution in [0.1, 0.15) is 32.6 Å². The molecule has 3 rings (SSSR count). The van der Waals surface area contributed by atoms with E-state index in [0.717, 1.165) is 43.7 Å². The number of carbonyl (C=O) groups is 3. The molecule has 6 heteroatoms. The van der Waals surface area contributed by atoms with Gasteiger partial charge < -0.3 is 15.1 Å². The minimum atomic E-state index is -0.164. The molecular formula is C18H23N3O3. The number of carbonyl (C=O) groups excluding carboxylic acids is 3. The molecule has 2 heterocycles. The lowest BCUT2D eigenvalue weighted by atomic mass is 9.97. The van der Waals surface area contributed by atoms with Gasteiger partial charge in [-0.2, -0.15) is 0 Å². The number of hydrogen-bond donors (Lipinski definition) is 1. The number of rotatable bonds is 3. The maximum absolute atomic E-state index is 12.4. The number of anilines is 2. The molecule has 0 bridgehead atoms. The van der Waals surface area contributed by atoms with E-state index in [1.54, 1.807) is 16.7 Å². The number of hydrogen-bond acceptors (Lipinski definition) is 3. The Bertz CT molecular complexity index is 641. The van der Waals surface area contributed by atoms with Crippen molar-refractivity contribution >= 4 is 29.1 Å². The minimum Gasteiger partial charge on any atom is -0.342 e. The largest absolute Gasteiger partial charge is 0.342 e. The average Bonchev–Trinajstić information content (AvgIpc) is 3.01. The van der Waals surface area contributed by atoms with Crippen molar-refractivity contribution < 1.29 is 14.4 Å². The van der Waals surface area contributed by atoms with E-state index in [0.29, 0.717) is 13.0 Å². The van der Waals surface area contributed by atoms with Crippen LogP contribution in [-0.2, 0) is 14.4 Å². The van der Waals surface area contributed by atoms with Crippen molar-refractivity contribution in [2.45, 2.75) is 32.6 Å². The molecule has 128 valence electrons. The maximum atomic E-state index is 12.4. The molecule has 0 radical (unpaired) electrons. The number of amides is 3. The van der Waals surface area contributed by atoms with Crippen LogP contribution >= 0.6 is 0 Å². The molecule has 2 aliphatic heterocycles. The van der Waals surface area contributed by atoms with Crippen LogP contribution in [0.5, 0.6) is 0 Å². The van der Waals surface area contributed by atoms with E-state index in [9.17, 15) is 14.4 Å². The van der Waals surface area contributed by atoms with Gasteiger partial charge >= 0.3 is 0 Å². The first kappa shape index (κ1) is 16.5. The standard InChI is InChI=1S/C18H23N3O3/c1-13(22)20-10-2-4-14(12-20)18(24)19-15-6-8-16(9-7-15)21-11-3-5-17(21)23/h6-9,14H,2-5,10-12H2,1H3,(H,19,24)/t14-/m0/s1. The third-order valence-corrected chi connectivity index (χ3v) is 4.76. The van der Waals surface area contributed by atoms with Gasteiger partial charge in [0.2, 0.25) is 17.7 Å². The third kappa shape index (κ3) is 3.58. The zero-order valence-electron chi connectivity index (χ0n) is 14.0. The second-order valence-electron chi connectivity index (χ2n) is 6.49. The SMILES string of the molecule is CC(=O)N1CCC[C@H](C(=O)Nc2ccc(N3CCCC3=O)cc2)C1. The van der Waals surface area contributed by atoms with Crippen LogP contribution in [0.25, 0.3) is 0 Å². The average molecular weight is 329 g/mol. The van der Waals surface area contributed by atoms with Crippen molar-refractivity contribution in [3.63, 3.8) is 0 Å². The number of benzene rings is 1. The second-order valence-corrected chi connectivity index (χ2v) is 6.49. The lowest BCUT2D eigenvalue weighted by Crippen LogP contribution is -2.42. The Morgan fingerprint density at radius 1 is 1.12 bits per heavy atom. The van der Waals surface area contributed by atoms with Gasteiger partial charge in [-0.1, -0.05) is 0 Å². The summed E-state index contributed by atoms with van der Waals surface area (Å²) in [6.07, 6.45) is 3.15. The summed E-state index contributed by atoms with van der Waals surface area (Å²) in [5.74, 6) is -0.0427. The highest BCUT2D eigenvalue weighted by molar-refractivity contribution is 5.96. The van der Waals surface area contributed by atoms with Crippen LogP contribution < -0.4 is 10.2 Å². The first-order valence-corrected chi connectivity index (χ1v) is 8.51. The molecule has 2 fully saturated rings. The summed E-state index contributed by atoms with van der Waals surface area (Å²) in [6, 6.07) is 7.37. The van der Waals surface area contributed by atoms with E-state index in [1.807, 2.05) is 24.3 Å². The molecule has 24 heavy (non-hydrogen) atoms. The fourth-order valence-electron chi connectivity index (χ4n) is 3.37. The molecule has 0 aromatic heterocycles. The van der Waals surface area contributed by atoms with Crippen LogP contribution in [0.2, 0.25) is 0 Å². The quantitative estimate of drug-likeness (QED) is 0.922. The Kier molecular flexibility index (Phi) is 4.83. The van der Waals surface area contributed by atoms with Gasteiger partial charge in [-0.25, -0.2) is 0 Å². The molecule has 0 spiro atoms. The number of nitrogens with zero attached hydrogens (tertiary/aromatic N) is 2. The molecular weight excluding hydrogens is 306 g/mol. The van der Waals surface area contributed by atoms with Gasteiger partial charge in [0.05, 0.1) is 5.92 Å². The van der Waals surface area contributed by atoms with E-state index < -0.39 is 0 Å². The highest BCUT2D eigenvalue weighted by Gasteiger charge is 2.27. The predicted molar refractivity (Wildman–Crippen MR) is 91.6 cm³/mol. The zero-order chi connectivity index (χ0) is 17.1. The van der Waals surface area contributed by atoms with E-state index >= 15 is 0 Å². The Morgan fingerprint density at radius 2 is 1.88 bits per heavy atom. The highest BCUT2D eigenvalue weighted by atomic mass is 16.2. The number of likely N-dealkylation sites (tertiary alicyclic amines) is 1. The van der Waals surface area contributed by atoms with Crippen molar-refractivity contribution in [1.29, 1.82) is 0 Å². The normalized spacial score (nSPS) is 21.0. The Balaban J connectivity index is 1.60. The second kappa shape index (κ2) is 7.03. The van der Waals surface area contributed by atoms with Gasteiger partial charge in [0.1, 0.15) is 0 Å². The summed E-state index contributed by atoms with van der Waals surface area (Å²) in [4.78, 5) is 39.2. The molecule has 0 aliphatic carbocycles. The highest BCUT2D eigenvalue weighted by Crippen LogP contribution is 2.24. The van der Waals surface area contributed by atoms with Crippen molar-refractivity contribution in [3.8, 4) is 0 Å². The molecule has 1 aromatic rings. The van der Waals surface area contributed by atoms with Crippen molar-refractivity contribution in [2.24, 2.45) is 5.92 Å². The van der Waals surface area contributed by atoms with Crippen LogP contribution in [0.4, 0.5) is 11.4 Å². The molecule has 0 saturated carbocycles. The Labute approximate surface area is 141 Å². The zero-order valence-corrected chi connectivity index (χ0v) is 14.0. The van der Waals surface area contributed by atoms with Crippen LogP contribution in [0.3, 0.4) is 0 Å². The molecule has 1 aromatic carbocycles. The summed E-state index contributed by atoms with van der Waals surface area (Å²) < 4.78 is 0. The molecule has 1 atom stereocenters. The Hall–Kier alpha value is -2.37. The van der Waals surface area contributed by atoms with E-state index in [2.05, 4.69) is 5.32 Å². The molecule has 0 unspecified atom stereocenters. The van der Waals surface area contributed by atoms with Gasteiger partial charge in [0, 0.05) is 44.4 Å². The molecule has 2 saturated heterocycles. The first-order chi connectivity index (χ1) is 11.5. The van der Waals surface area contributed by atoms with E-state index in [1.165, 1.54) is 0 Å². The van der Waals surface area contributed by atoms with Crippen LogP contribution in [0.15, 0.2) is 24.3 Å².